The SMILES string of the molecule is C/C=C(/C)C(=O)O[C@@H]1[C@@H](O)C(C)(C)C2C3C(=O)C[C@@H](C)C2[C@@]3(C)[C@@H]1OC(=O)/C(C)=C\C. The van der Waals surface area contributed by atoms with Gasteiger partial charge in [-0.2, -0.15) is 0 Å². The summed E-state index contributed by atoms with van der Waals surface area (Å²) in [6.07, 6.45) is 0.728. The molecule has 4 aliphatic rings. The maximum Gasteiger partial charge on any atom is 0.333 e. The number of carbonyl (C=O) groups is 3. The van der Waals surface area contributed by atoms with Gasteiger partial charge in [-0.1, -0.05) is 39.8 Å². The van der Waals surface area contributed by atoms with Crippen LogP contribution >= 0.6 is 0 Å². The lowest BCUT2D eigenvalue weighted by molar-refractivity contribution is -0.242. The Morgan fingerprint density at radius 1 is 1.00 bits per heavy atom. The van der Waals surface area contributed by atoms with E-state index in [0.717, 1.165) is 0 Å². The van der Waals surface area contributed by atoms with Crippen LogP contribution in [0.5, 0.6) is 0 Å². The third kappa shape index (κ3) is 3.29. The van der Waals surface area contributed by atoms with E-state index in [1.807, 2.05) is 20.8 Å². The van der Waals surface area contributed by atoms with Crippen molar-refractivity contribution in [2.24, 2.45) is 34.5 Å². The Kier molecular flexibility index (Phi) is 6.02. The number of hydrogen-bond acceptors (Lipinski definition) is 6. The summed E-state index contributed by atoms with van der Waals surface area (Å²) in [5, 5.41) is 11.5. The van der Waals surface area contributed by atoms with Gasteiger partial charge in [-0.25, -0.2) is 9.59 Å². The Morgan fingerprint density at radius 2 is 1.52 bits per heavy atom. The highest BCUT2D eigenvalue weighted by atomic mass is 16.6. The van der Waals surface area contributed by atoms with E-state index in [0.29, 0.717) is 17.6 Å². The molecule has 4 rings (SSSR count). The minimum absolute atomic E-state index is 0.0562. The van der Waals surface area contributed by atoms with Gasteiger partial charge in [0.05, 0.1) is 0 Å². The van der Waals surface area contributed by atoms with Crippen molar-refractivity contribution in [1.82, 2.24) is 0 Å². The van der Waals surface area contributed by atoms with Crippen LogP contribution in [-0.2, 0) is 23.9 Å². The van der Waals surface area contributed by atoms with E-state index in [2.05, 4.69) is 6.92 Å². The second-order valence-electron chi connectivity index (χ2n) is 10.4. The number of allylic oxidation sites excluding steroid dienone is 2. The molecule has 4 fully saturated rings. The zero-order chi connectivity index (χ0) is 23.5. The van der Waals surface area contributed by atoms with Gasteiger partial charge in [0.2, 0.25) is 0 Å². The molecule has 31 heavy (non-hydrogen) atoms. The molecule has 0 radical (unpaired) electrons. The van der Waals surface area contributed by atoms with Crippen LogP contribution in [0.3, 0.4) is 0 Å². The third-order valence-corrected chi connectivity index (χ3v) is 8.45. The van der Waals surface area contributed by atoms with Crippen molar-refractivity contribution in [2.45, 2.75) is 80.1 Å². The molecule has 0 saturated heterocycles. The number of ether oxygens (including phenoxy) is 2. The molecule has 4 aliphatic carbocycles. The summed E-state index contributed by atoms with van der Waals surface area (Å²) in [7, 11) is 0. The van der Waals surface area contributed by atoms with Crippen molar-refractivity contribution in [3.63, 3.8) is 0 Å². The number of hydrogen-bond donors (Lipinski definition) is 1. The van der Waals surface area contributed by atoms with E-state index in [1.54, 1.807) is 39.8 Å². The number of ketones is 1. The average molecular weight is 433 g/mol. The second-order valence-corrected chi connectivity index (χ2v) is 10.4. The van der Waals surface area contributed by atoms with Gasteiger partial charge in [-0.05, 0) is 50.9 Å². The van der Waals surface area contributed by atoms with Crippen molar-refractivity contribution < 1.29 is 29.0 Å². The van der Waals surface area contributed by atoms with Gasteiger partial charge in [0.15, 0.2) is 6.10 Å². The maximum absolute atomic E-state index is 13.2. The Labute approximate surface area is 185 Å². The minimum Gasteiger partial charge on any atom is -0.454 e. The first-order chi connectivity index (χ1) is 14.3. The van der Waals surface area contributed by atoms with Gasteiger partial charge >= 0.3 is 11.9 Å². The number of fused-ring (bicyclic) bond motifs is 3. The summed E-state index contributed by atoms with van der Waals surface area (Å²) in [5.74, 6) is -1.16. The molecule has 0 amide bonds. The Hall–Kier alpha value is -1.95. The molecule has 0 aromatic heterocycles. The molecule has 0 aliphatic heterocycles. The predicted molar refractivity (Wildman–Crippen MR) is 116 cm³/mol. The number of aliphatic hydroxyl groups is 1. The molecular formula is C25H36O6. The number of aliphatic hydroxyl groups excluding tert-OH is 1. The fourth-order valence-corrected chi connectivity index (χ4v) is 6.54. The topological polar surface area (TPSA) is 89.9 Å². The maximum atomic E-state index is 13.2. The number of Topliss-reactive ketones (excluding diaryl/α,β-unsaturated/α-hetero) is 1. The van der Waals surface area contributed by atoms with Crippen LogP contribution in [0.25, 0.3) is 0 Å². The second kappa shape index (κ2) is 7.88. The van der Waals surface area contributed by atoms with Gasteiger partial charge in [0.1, 0.15) is 18.0 Å². The van der Waals surface area contributed by atoms with Crippen molar-refractivity contribution >= 4 is 17.7 Å². The quantitative estimate of drug-likeness (QED) is 0.539. The van der Waals surface area contributed by atoms with E-state index < -0.39 is 41.1 Å². The Morgan fingerprint density at radius 3 is 2.00 bits per heavy atom. The number of carbonyl (C=O) groups excluding carboxylic acids is 3. The van der Waals surface area contributed by atoms with Gasteiger partial charge in [0, 0.05) is 28.9 Å². The van der Waals surface area contributed by atoms with E-state index in [4.69, 9.17) is 9.47 Å². The summed E-state index contributed by atoms with van der Waals surface area (Å²) in [4.78, 5) is 38.7. The van der Waals surface area contributed by atoms with Crippen molar-refractivity contribution in [3.8, 4) is 0 Å². The summed E-state index contributed by atoms with van der Waals surface area (Å²) in [5.41, 5.74) is -0.556. The number of esters is 2. The predicted octanol–water partition coefficient (Wildman–Crippen LogP) is 3.62. The molecule has 0 aromatic carbocycles. The van der Waals surface area contributed by atoms with Gasteiger partial charge < -0.3 is 14.6 Å². The molecule has 6 heteroatoms. The van der Waals surface area contributed by atoms with E-state index >= 15 is 0 Å². The van der Waals surface area contributed by atoms with Gasteiger partial charge in [-0.3, -0.25) is 4.79 Å². The highest BCUT2D eigenvalue weighted by molar-refractivity contribution is 5.89. The molecule has 0 spiro atoms. The lowest BCUT2D eigenvalue weighted by Gasteiger charge is -2.68. The molecule has 8 atom stereocenters. The molecule has 0 aromatic rings. The molecule has 1 N–H and O–H groups in total. The zero-order valence-corrected chi connectivity index (χ0v) is 19.9. The smallest absolute Gasteiger partial charge is 0.333 e. The molecule has 3 unspecified atom stereocenters. The summed E-state index contributed by atoms with van der Waals surface area (Å²) >= 11 is 0. The van der Waals surface area contributed by atoms with Crippen molar-refractivity contribution in [1.29, 1.82) is 0 Å². The highest BCUT2D eigenvalue weighted by Gasteiger charge is 2.77. The van der Waals surface area contributed by atoms with Crippen LogP contribution in [0.15, 0.2) is 23.3 Å². The standard InChI is InChI=1S/C25H36O6/c1-9-12(3)22(28)30-19-20(27)24(6,7)18-16-14(5)11-15(26)17(18)25(16,8)21(19)31-23(29)13(4)10-2/h9-10,14,16-21,27H,11H2,1-8H3/b12-9-,13-10-/t14-,16?,17?,18?,19-,20-,21-,25-/m1/s1. The van der Waals surface area contributed by atoms with Gasteiger partial charge in [-0.15, -0.1) is 0 Å². The Bertz CT molecular complexity index is 852. The average Bonchev–Trinajstić information content (AvgIpc) is 2.78. The third-order valence-electron chi connectivity index (χ3n) is 8.45. The fourth-order valence-electron chi connectivity index (χ4n) is 6.54. The minimum atomic E-state index is -1.08. The van der Waals surface area contributed by atoms with Crippen LogP contribution in [-0.4, -0.2) is 41.1 Å². The summed E-state index contributed by atoms with van der Waals surface area (Å²) < 4.78 is 11.8. The van der Waals surface area contributed by atoms with Crippen molar-refractivity contribution in [3.05, 3.63) is 23.3 Å². The monoisotopic (exact) mass is 432 g/mol. The van der Waals surface area contributed by atoms with E-state index in [-0.39, 0.29) is 29.5 Å². The van der Waals surface area contributed by atoms with Crippen LogP contribution in [0, 0.1) is 34.5 Å². The Balaban J connectivity index is 2.15. The molecule has 6 nitrogen and oxygen atoms in total. The lowest BCUT2D eigenvalue weighted by Crippen LogP contribution is -2.71. The van der Waals surface area contributed by atoms with E-state index in [9.17, 15) is 19.5 Å². The fraction of sp³-hybridized carbons (Fsp3) is 0.720. The van der Waals surface area contributed by atoms with Crippen LogP contribution in [0.4, 0.5) is 0 Å². The zero-order valence-electron chi connectivity index (χ0n) is 19.9. The van der Waals surface area contributed by atoms with Crippen LogP contribution in [0.1, 0.15) is 61.8 Å². The van der Waals surface area contributed by atoms with Crippen LogP contribution < -0.4 is 0 Å². The molecule has 4 saturated carbocycles. The van der Waals surface area contributed by atoms with Gasteiger partial charge in [0.25, 0.3) is 0 Å². The molecular weight excluding hydrogens is 396 g/mol. The van der Waals surface area contributed by atoms with E-state index in [1.165, 1.54) is 0 Å². The summed E-state index contributed by atoms with van der Waals surface area (Å²) in [6, 6.07) is 0. The lowest BCUT2D eigenvalue weighted by atomic mass is 9.35. The van der Waals surface area contributed by atoms with Crippen LogP contribution in [0.2, 0.25) is 0 Å². The first-order valence-corrected chi connectivity index (χ1v) is 11.2. The summed E-state index contributed by atoms with van der Waals surface area (Å²) in [6.45, 7) is 14.7. The molecule has 4 bridgehead atoms. The first kappa shape index (κ1) is 23.7. The van der Waals surface area contributed by atoms with Crippen molar-refractivity contribution in [2.75, 3.05) is 0 Å². The first-order valence-electron chi connectivity index (χ1n) is 11.2. The molecule has 0 heterocycles. The normalized spacial score (nSPS) is 41.7. The highest BCUT2D eigenvalue weighted by Crippen LogP contribution is 2.73. The number of rotatable bonds is 4. The molecule has 172 valence electrons. The largest absolute Gasteiger partial charge is 0.454 e.